The summed E-state index contributed by atoms with van der Waals surface area (Å²) in [6.45, 7) is 0.569. The van der Waals surface area contributed by atoms with Gasteiger partial charge in [0.2, 0.25) is 5.91 Å². The van der Waals surface area contributed by atoms with Crippen LogP contribution in [0.2, 0.25) is 0 Å². The molecule has 0 aliphatic carbocycles. The Bertz CT molecular complexity index is 1100. The van der Waals surface area contributed by atoms with Crippen molar-refractivity contribution < 1.29 is 9.53 Å². The Labute approximate surface area is 176 Å². The molecule has 0 saturated heterocycles. The number of amides is 1. The molecule has 152 valence electrons. The number of nitrogens with zero attached hydrogens (tertiary/aromatic N) is 1. The first-order chi connectivity index (χ1) is 14.7. The number of methoxy groups -OCH3 is 1. The molecule has 5 heteroatoms. The molecular formula is C25H25N3O2. The normalized spacial score (nSPS) is 11.9. The van der Waals surface area contributed by atoms with Crippen molar-refractivity contribution in [3.8, 4) is 5.75 Å². The van der Waals surface area contributed by atoms with Crippen LogP contribution in [0.4, 0.5) is 0 Å². The summed E-state index contributed by atoms with van der Waals surface area (Å²) in [5.74, 6) is 0.773. The van der Waals surface area contributed by atoms with Crippen molar-refractivity contribution in [3.05, 3.63) is 95.9 Å². The number of carbonyl (C=O) groups is 1. The molecule has 1 atom stereocenters. The van der Waals surface area contributed by atoms with Gasteiger partial charge < -0.3 is 15.0 Å². The van der Waals surface area contributed by atoms with Gasteiger partial charge in [0.05, 0.1) is 7.11 Å². The second kappa shape index (κ2) is 9.27. The highest BCUT2D eigenvalue weighted by molar-refractivity contribution is 5.86. The van der Waals surface area contributed by atoms with Gasteiger partial charge in [-0.3, -0.25) is 9.78 Å². The van der Waals surface area contributed by atoms with E-state index in [9.17, 15) is 4.79 Å². The second-order valence-corrected chi connectivity index (χ2v) is 7.24. The van der Waals surface area contributed by atoms with E-state index in [2.05, 4.69) is 27.4 Å². The number of pyridine rings is 1. The number of carbonyl (C=O) groups excluding carboxylic acids is 1. The van der Waals surface area contributed by atoms with Gasteiger partial charge in [-0.05, 0) is 41.5 Å². The van der Waals surface area contributed by atoms with E-state index in [4.69, 9.17) is 4.74 Å². The van der Waals surface area contributed by atoms with Gasteiger partial charge in [-0.15, -0.1) is 0 Å². The number of aromatic amines is 1. The average Bonchev–Trinajstić information content (AvgIpc) is 3.22. The Morgan fingerprint density at radius 3 is 2.63 bits per heavy atom. The number of aromatic nitrogens is 2. The molecule has 30 heavy (non-hydrogen) atoms. The fraction of sp³-hybridized carbons (Fsp3) is 0.200. The van der Waals surface area contributed by atoms with Crippen molar-refractivity contribution in [2.75, 3.05) is 13.7 Å². The van der Waals surface area contributed by atoms with Crippen LogP contribution in [0.3, 0.4) is 0 Å². The molecule has 0 spiro atoms. The highest BCUT2D eigenvalue weighted by Crippen LogP contribution is 2.34. The van der Waals surface area contributed by atoms with Gasteiger partial charge in [-0.1, -0.05) is 36.4 Å². The summed E-state index contributed by atoms with van der Waals surface area (Å²) < 4.78 is 5.29. The molecule has 0 fully saturated rings. The van der Waals surface area contributed by atoms with Crippen LogP contribution in [0.5, 0.6) is 5.75 Å². The Hall–Kier alpha value is -3.60. The van der Waals surface area contributed by atoms with Crippen molar-refractivity contribution in [1.82, 2.24) is 15.3 Å². The van der Waals surface area contributed by atoms with Crippen LogP contribution in [0.15, 0.2) is 79.1 Å². The summed E-state index contributed by atoms with van der Waals surface area (Å²) in [6.07, 6.45) is 4.87. The average molecular weight is 399 g/mol. The number of fused-ring (bicyclic) bond motifs is 1. The molecule has 4 rings (SSSR count). The smallest absolute Gasteiger partial charge is 0.220 e. The lowest BCUT2D eigenvalue weighted by Crippen LogP contribution is -2.27. The third-order valence-corrected chi connectivity index (χ3v) is 5.33. The first-order valence-corrected chi connectivity index (χ1v) is 10.1. The minimum atomic E-state index is -0.0538. The van der Waals surface area contributed by atoms with Gasteiger partial charge in [0, 0.05) is 54.3 Å². The second-order valence-electron chi connectivity index (χ2n) is 7.24. The van der Waals surface area contributed by atoms with E-state index >= 15 is 0 Å². The summed E-state index contributed by atoms with van der Waals surface area (Å²) in [4.78, 5) is 20.4. The molecule has 2 N–H and O–H groups in total. The quantitative estimate of drug-likeness (QED) is 0.460. The Morgan fingerprint density at radius 2 is 1.87 bits per heavy atom. The number of para-hydroxylation sites is 1. The van der Waals surface area contributed by atoms with E-state index in [0.717, 1.165) is 33.5 Å². The van der Waals surface area contributed by atoms with Crippen LogP contribution in [-0.2, 0) is 11.2 Å². The Kier molecular flexibility index (Phi) is 6.09. The largest absolute Gasteiger partial charge is 0.497 e. The van der Waals surface area contributed by atoms with E-state index in [0.29, 0.717) is 19.4 Å². The Balaban J connectivity index is 1.53. The zero-order valence-electron chi connectivity index (χ0n) is 17.0. The van der Waals surface area contributed by atoms with Gasteiger partial charge in [-0.25, -0.2) is 0 Å². The minimum Gasteiger partial charge on any atom is -0.497 e. The zero-order chi connectivity index (χ0) is 20.8. The first-order valence-electron chi connectivity index (χ1n) is 10.1. The molecule has 0 aliphatic heterocycles. The molecule has 0 aliphatic rings. The molecule has 1 amide bonds. The summed E-state index contributed by atoms with van der Waals surface area (Å²) in [6, 6.07) is 22.0. The number of rotatable bonds is 8. The monoisotopic (exact) mass is 399 g/mol. The van der Waals surface area contributed by atoms with E-state index in [1.165, 1.54) is 0 Å². The van der Waals surface area contributed by atoms with Crippen LogP contribution < -0.4 is 10.1 Å². The maximum atomic E-state index is 12.8. The predicted molar refractivity (Wildman–Crippen MR) is 119 cm³/mol. The van der Waals surface area contributed by atoms with Gasteiger partial charge in [0.25, 0.3) is 0 Å². The number of hydrogen-bond acceptors (Lipinski definition) is 3. The molecule has 0 unspecified atom stereocenters. The van der Waals surface area contributed by atoms with Gasteiger partial charge in [-0.2, -0.15) is 0 Å². The first kappa shape index (κ1) is 19.7. The lowest BCUT2D eigenvalue weighted by Gasteiger charge is -2.18. The van der Waals surface area contributed by atoms with Crippen LogP contribution in [0.1, 0.15) is 29.2 Å². The summed E-state index contributed by atoms with van der Waals surface area (Å²) in [5, 5.41) is 4.19. The van der Waals surface area contributed by atoms with Crippen LogP contribution in [0.25, 0.3) is 10.9 Å². The number of benzene rings is 2. The van der Waals surface area contributed by atoms with Gasteiger partial charge >= 0.3 is 0 Å². The number of nitrogens with one attached hydrogen (secondary N) is 2. The van der Waals surface area contributed by atoms with E-state index < -0.39 is 0 Å². The topological polar surface area (TPSA) is 67.0 Å². The van der Waals surface area contributed by atoms with Crippen molar-refractivity contribution >= 4 is 16.8 Å². The maximum absolute atomic E-state index is 12.8. The molecule has 0 bridgehead atoms. The standard InChI is InChI=1S/C25H25N3O2/c1-30-20-11-9-18(10-12-20)22(23-17-28-24-8-3-2-7-21(23)24)16-25(29)27-15-13-19-6-4-5-14-26-19/h2-12,14,17,22,28H,13,15-16H2,1H3,(H,27,29)/t22-/m1/s1. The zero-order valence-corrected chi connectivity index (χ0v) is 17.0. The number of ether oxygens (including phenoxy) is 1. The third kappa shape index (κ3) is 4.51. The number of hydrogen-bond donors (Lipinski definition) is 2. The molecule has 2 aromatic heterocycles. The van der Waals surface area contributed by atoms with E-state index in [-0.39, 0.29) is 11.8 Å². The highest BCUT2D eigenvalue weighted by Gasteiger charge is 2.21. The third-order valence-electron chi connectivity index (χ3n) is 5.33. The lowest BCUT2D eigenvalue weighted by molar-refractivity contribution is -0.121. The summed E-state index contributed by atoms with van der Waals surface area (Å²) in [7, 11) is 1.65. The van der Waals surface area contributed by atoms with E-state index in [1.54, 1.807) is 13.3 Å². The molecular weight excluding hydrogens is 374 g/mol. The maximum Gasteiger partial charge on any atom is 0.220 e. The molecule has 2 heterocycles. The van der Waals surface area contributed by atoms with Crippen LogP contribution in [0, 0.1) is 0 Å². The van der Waals surface area contributed by atoms with Crippen molar-refractivity contribution in [2.24, 2.45) is 0 Å². The highest BCUT2D eigenvalue weighted by atomic mass is 16.5. The number of H-pyrrole nitrogens is 1. The van der Waals surface area contributed by atoms with Gasteiger partial charge in [0.1, 0.15) is 5.75 Å². The van der Waals surface area contributed by atoms with Crippen LogP contribution >= 0.6 is 0 Å². The molecule has 0 saturated carbocycles. The molecule has 4 aromatic rings. The van der Waals surface area contributed by atoms with Gasteiger partial charge in [0.15, 0.2) is 0 Å². The molecule has 5 nitrogen and oxygen atoms in total. The lowest BCUT2D eigenvalue weighted by atomic mass is 9.88. The molecule has 2 aromatic carbocycles. The fourth-order valence-electron chi connectivity index (χ4n) is 3.76. The van der Waals surface area contributed by atoms with Crippen molar-refractivity contribution in [2.45, 2.75) is 18.8 Å². The van der Waals surface area contributed by atoms with Crippen molar-refractivity contribution in [3.63, 3.8) is 0 Å². The Morgan fingerprint density at radius 1 is 1.07 bits per heavy atom. The minimum absolute atomic E-state index is 0.0250. The fourth-order valence-corrected chi connectivity index (χ4v) is 3.76. The van der Waals surface area contributed by atoms with Crippen LogP contribution in [-0.4, -0.2) is 29.5 Å². The molecule has 0 radical (unpaired) electrons. The summed E-state index contributed by atoms with van der Waals surface area (Å²) in [5.41, 5.74) is 4.25. The summed E-state index contributed by atoms with van der Waals surface area (Å²) >= 11 is 0. The van der Waals surface area contributed by atoms with Crippen molar-refractivity contribution in [1.29, 1.82) is 0 Å². The van der Waals surface area contributed by atoms with E-state index in [1.807, 2.05) is 60.8 Å². The SMILES string of the molecule is COc1ccc([C@@H](CC(=O)NCCc2ccccn2)c2c[nH]c3ccccc23)cc1. The predicted octanol–water partition coefficient (Wildman–Crippen LogP) is 4.45.